The van der Waals surface area contributed by atoms with Gasteiger partial charge in [-0.1, -0.05) is 25.4 Å². The number of pyridine rings is 1. The van der Waals surface area contributed by atoms with Crippen LogP contribution in [0.3, 0.4) is 0 Å². The van der Waals surface area contributed by atoms with E-state index in [0.717, 1.165) is 22.6 Å². The van der Waals surface area contributed by atoms with Crippen LogP contribution in [0.1, 0.15) is 71.6 Å². The molecule has 0 unspecified atom stereocenters. The summed E-state index contributed by atoms with van der Waals surface area (Å²) in [5.74, 6) is -0.216. The van der Waals surface area contributed by atoms with Gasteiger partial charge in [-0.2, -0.15) is 4.90 Å². The van der Waals surface area contributed by atoms with Crippen molar-refractivity contribution in [2.45, 2.75) is 79.6 Å². The Hall–Kier alpha value is -3.07. The highest BCUT2D eigenvalue weighted by Gasteiger charge is 2.37. The Labute approximate surface area is 217 Å². The van der Waals surface area contributed by atoms with Gasteiger partial charge in [-0.05, 0) is 65.5 Å². The monoisotopic (exact) mass is 518 g/mol. The van der Waals surface area contributed by atoms with E-state index in [1.54, 1.807) is 60.7 Å². The first-order valence-corrected chi connectivity index (χ1v) is 12.2. The maximum atomic E-state index is 13.1. The van der Waals surface area contributed by atoms with Crippen LogP contribution in [0.2, 0.25) is 5.02 Å². The first-order chi connectivity index (χ1) is 16.4. The van der Waals surface area contributed by atoms with E-state index in [4.69, 9.17) is 21.1 Å². The van der Waals surface area contributed by atoms with Crippen LogP contribution in [0.25, 0.3) is 11.1 Å². The average Bonchev–Trinajstić information content (AvgIpc) is 3.19. The fourth-order valence-corrected chi connectivity index (χ4v) is 4.28. The van der Waals surface area contributed by atoms with Gasteiger partial charge in [-0.15, -0.1) is 0 Å². The van der Waals surface area contributed by atoms with Crippen molar-refractivity contribution in [1.82, 2.24) is 14.9 Å². The number of anilines is 1. The Morgan fingerprint density at radius 2 is 1.58 bits per heavy atom. The standard InChI is InChI=1S/C26H35ClN4O5/c1-24(2,3)35-22(33)31(23(34)36-25(4,5)6)20-11-15(17(27)13-29-20)16-10-18(21(32)28-9)30-14-26(7,8)12-19(16)30/h10-11,13H,12,14H2,1-9H3,(H,28,32). The Kier molecular flexibility index (Phi) is 7.20. The summed E-state index contributed by atoms with van der Waals surface area (Å²) in [6.07, 6.45) is 0.242. The van der Waals surface area contributed by atoms with E-state index in [9.17, 15) is 14.4 Å². The number of hydrogen-bond donors (Lipinski definition) is 1. The SMILES string of the molecule is CNC(=O)c1cc(-c2cc(N(C(=O)OC(C)(C)C)C(=O)OC(C)(C)C)ncc2Cl)c2n1CC(C)(C)C2. The molecular formula is C26H35ClN4O5. The quantitative estimate of drug-likeness (QED) is 0.549. The van der Waals surface area contributed by atoms with E-state index >= 15 is 0 Å². The maximum absolute atomic E-state index is 13.1. The van der Waals surface area contributed by atoms with Crippen LogP contribution in [0.5, 0.6) is 0 Å². The summed E-state index contributed by atoms with van der Waals surface area (Å²) in [6, 6.07) is 3.32. The number of rotatable bonds is 3. The molecule has 0 saturated carbocycles. The number of carbonyl (C=O) groups excluding carboxylic acids is 3. The lowest BCUT2D eigenvalue weighted by molar-refractivity contribution is 0.0428. The topological polar surface area (TPSA) is 103 Å². The number of amides is 3. The summed E-state index contributed by atoms with van der Waals surface area (Å²) in [6.45, 7) is 15.1. The molecule has 36 heavy (non-hydrogen) atoms. The third-order valence-electron chi connectivity index (χ3n) is 5.41. The van der Waals surface area contributed by atoms with Crippen molar-refractivity contribution in [3.8, 4) is 11.1 Å². The number of ether oxygens (including phenoxy) is 2. The molecule has 0 bridgehead atoms. The Balaban J connectivity index is 2.16. The van der Waals surface area contributed by atoms with Crippen LogP contribution in [-0.2, 0) is 22.4 Å². The molecular weight excluding hydrogens is 484 g/mol. The Morgan fingerprint density at radius 1 is 1.03 bits per heavy atom. The lowest BCUT2D eigenvalue weighted by Gasteiger charge is -2.28. The van der Waals surface area contributed by atoms with Crippen molar-refractivity contribution in [1.29, 1.82) is 0 Å². The normalized spacial score (nSPS) is 14.7. The maximum Gasteiger partial charge on any atom is 0.425 e. The molecule has 3 rings (SSSR count). The van der Waals surface area contributed by atoms with Crippen LogP contribution < -0.4 is 10.2 Å². The molecule has 1 aliphatic heterocycles. The first kappa shape index (κ1) is 27.5. The number of imide groups is 1. The van der Waals surface area contributed by atoms with Crippen LogP contribution in [0.15, 0.2) is 18.3 Å². The summed E-state index contributed by atoms with van der Waals surface area (Å²) in [5.41, 5.74) is 0.956. The number of halogens is 1. The third-order valence-corrected chi connectivity index (χ3v) is 5.71. The van der Waals surface area contributed by atoms with E-state index in [1.807, 2.05) is 4.57 Å². The minimum absolute atomic E-state index is 0.00315. The number of fused-ring (bicyclic) bond motifs is 1. The van der Waals surface area contributed by atoms with Crippen molar-refractivity contribution in [3.63, 3.8) is 0 Å². The average molecular weight is 519 g/mol. The van der Waals surface area contributed by atoms with Gasteiger partial charge in [-0.3, -0.25) is 4.79 Å². The molecule has 0 aliphatic carbocycles. The van der Waals surface area contributed by atoms with Crippen molar-refractivity contribution >= 4 is 35.5 Å². The van der Waals surface area contributed by atoms with E-state index in [-0.39, 0.29) is 17.1 Å². The van der Waals surface area contributed by atoms with Crippen molar-refractivity contribution < 1.29 is 23.9 Å². The minimum Gasteiger partial charge on any atom is -0.443 e. The van der Waals surface area contributed by atoms with Crippen LogP contribution in [0, 0.1) is 5.41 Å². The number of carbonyl (C=O) groups is 3. The smallest absolute Gasteiger partial charge is 0.425 e. The second-order valence-electron chi connectivity index (χ2n) is 11.7. The molecule has 10 heteroatoms. The summed E-state index contributed by atoms with van der Waals surface area (Å²) in [4.78, 5) is 43.8. The number of nitrogens with zero attached hydrogens (tertiary/aromatic N) is 3. The highest BCUT2D eigenvalue weighted by atomic mass is 35.5. The van der Waals surface area contributed by atoms with Crippen LogP contribution in [0.4, 0.5) is 15.4 Å². The molecule has 3 amide bonds. The number of hydrogen-bond acceptors (Lipinski definition) is 6. The molecule has 9 nitrogen and oxygen atoms in total. The number of nitrogens with one attached hydrogen (secondary N) is 1. The van der Waals surface area contributed by atoms with Crippen molar-refractivity contribution in [2.75, 3.05) is 11.9 Å². The van der Waals surface area contributed by atoms with E-state index < -0.39 is 23.4 Å². The minimum atomic E-state index is -0.924. The largest absolute Gasteiger partial charge is 0.443 e. The zero-order chi connectivity index (χ0) is 27.2. The van der Waals surface area contributed by atoms with E-state index in [2.05, 4.69) is 24.1 Å². The van der Waals surface area contributed by atoms with Gasteiger partial charge < -0.3 is 19.4 Å². The molecule has 0 radical (unpaired) electrons. The summed E-state index contributed by atoms with van der Waals surface area (Å²) in [5, 5.41) is 3.00. The molecule has 0 saturated heterocycles. The molecule has 0 fully saturated rings. The van der Waals surface area contributed by atoms with Gasteiger partial charge in [0.15, 0.2) is 0 Å². The van der Waals surface area contributed by atoms with E-state index in [0.29, 0.717) is 22.8 Å². The van der Waals surface area contributed by atoms with Gasteiger partial charge in [0, 0.05) is 36.6 Å². The zero-order valence-corrected chi connectivity index (χ0v) is 23.2. The number of aromatic nitrogens is 2. The molecule has 1 aliphatic rings. The first-order valence-electron chi connectivity index (χ1n) is 11.8. The molecule has 3 heterocycles. The Bertz CT molecular complexity index is 1180. The fourth-order valence-electron chi connectivity index (χ4n) is 4.08. The molecule has 1 N–H and O–H groups in total. The molecule has 2 aromatic rings. The van der Waals surface area contributed by atoms with Crippen molar-refractivity contribution in [2.24, 2.45) is 5.41 Å². The predicted octanol–water partition coefficient (Wildman–Crippen LogP) is 5.82. The molecule has 196 valence electrons. The Morgan fingerprint density at radius 3 is 2.08 bits per heavy atom. The second kappa shape index (κ2) is 9.42. The van der Waals surface area contributed by atoms with Gasteiger partial charge in [0.25, 0.3) is 5.91 Å². The molecule has 0 atom stereocenters. The van der Waals surface area contributed by atoms with Gasteiger partial charge in [0.05, 0.1) is 5.02 Å². The summed E-state index contributed by atoms with van der Waals surface area (Å²) in [7, 11) is 1.58. The highest BCUT2D eigenvalue weighted by molar-refractivity contribution is 6.33. The molecule has 2 aromatic heterocycles. The molecule has 0 aromatic carbocycles. The predicted molar refractivity (Wildman–Crippen MR) is 138 cm³/mol. The van der Waals surface area contributed by atoms with Gasteiger partial charge in [0.1, 0.15) is 22.7 Å². The summed E-state index contributed by atoms with van der Waals surface area (Å²) >= 11 is 6.58. The summed E-state index contributed by atoms with van der Waals surface area (Å²) < 4.78 is 12.9. The van der Waals surface area contributed by atoms with Gasteiger partial charge in [-0.25, -0.2) is 14.6 Å². The van der Waals surface area contributed by atoms with Gasteiger partial charge >= 0.3 is 12.2 Å². The highest BCUT2D eigenvalue weighted by Crippen LogP contribution is 2.42. The molecule has 0 spiro atoms. The zero-order valence-electron chi connectivity index (χ0n) is 22.4. The lowest BCUT2D eigenvalue weighted by atomic mass is 9.89. The third kappa shape index (κ3) is 6.00. The van der Waals surface area contributed by atoms with Crippen LogP contribution >= 0.6 is 11.6 Å². The van der Waals surface area contributed by atoms with Crippen molar-refractivity contribution in [3.05, 3.63) is 34.7 Å². The fraction of sp³-hybridized carbons (Fsp3) is 0.538. The van der Waals surface area contributed by atoms with E-state index in [1.165, 1.54) is 6.20 Å². The second-order valence-corrected chi connectivity index (χ2v) is 12.1. The van der Waals surface area contributed by atoms with Crippen LogP contribution in [-0.4, -0.2) is 45.9 Å². The lowest BCUT2D eigenvalue weighted by Crippen LogP contribution is -2.44. The van der Waals surface area contributed by atoms with Gasteiger partial charge in [0.2, 0.25) is 0 Å².